The Morgan fingerprint density at radius 2 is 1.88 bits per heavy atom. The van der Waals surface area contributed by atoms with E-state index in [1.807, 2.05) is 43.3 Å². The quantitative estimate of drug-likeness (QED) is 0.722. The summed E-state index contributed by atoms with van der Waals surface area (Å²) < 4.78 is 0. The van der Waals surface area contributed by atoms with E-state index in [-0.39, 0.29) is 5.95 Å². The van der Waals surface area contributed by atoms with Crippen LogP contribution >= 0.6 is 0 Å². The number of benzene rings is 1. The minimum Gasteiger partial charge on any atom is -0.378 e. The fraction of sp³-hybridized carbons (Fsp3) is 0.222. The minimum absolute atomic E-state index is 0.164. The molecule has 1 aromatic heterocycles. The number of rotatable bonds is 3. The van der Waals surface area contributed by atoms with E-state index in [0.29, 0.717) is 0 Å². The van der Waals surface area contributed by atoms with Gasteiger partial charge in [0.25, 0.3) is 0 Å². The van der Waals surface area contributed by atoms with Crippen molar-refractivity contribution in [2.45, 2.75) is 0 Å². The SMILES string of the molecule is CN(C)c1ccc(N=Nc2nnn[n-]2)cc1. The van der Waals surface area contributed by atoms with Crippen molar-refractivity contribution in [3.8, 4) is 0 Å². The summed E-state index contributed by atoms with van der Waals surface area (Å²) in [6, 6.07) is 7.64. The van der Waals surface area contributed by atoms with Crippen molar-refractivity contribution in [1.29, 1.82) is 0 Å². The van der Waals surface area contributed by atoms with Gasteiger partial charge in [0.2, 0.25) is 0 Å². The standard InChI is InChI=1S/C9H10N7/c1-16(2)8-5-3-7(4-6-8)10-11-9-12-14-15-13-9/h3-6H,1-2H3/q-1. The Labute approximate surface area is 92.2 Å². The zero-order valence-corrected chi connectivity index (χ0v) is 8.94. The van der Waals surface area contributed by atoms with Gasteiger partial charge in [0.15, 0.2) is 0 Å². The average Bonchev–Trinajstić information content (AvgIpc) is 2.80. The molecule has 0 radical (unpaired) electrons. The van der Waals surface area contributed by atoms with E-state index in [1.54, 1.807) is 0 Å². The number of aromatic nitrogens is 4. The molecule has 0 amide bonds. The molecule has 0 aliphatic carbocycles. The van der Waals surface area contributed by atoms with Gasteiger partial charge in [-0.25, -0.2) is 15.3 Å². The average molecular weight is 216 g/mol. The summed E-state index contributed by atoms with van der Waals surface area (Å²) in [5, 5.41) is 21.4. The summed E-state index contributed by atoms with van der Waals surface area (Å²) in [6.45, 7) is 0. The van der Waals surface area contributed by atoms with E-state index < -0.39 is 0 Å². The third-order valence-corrected chi connectivity index (χ3v) is 1.93. The molecule has 0 aliphatic heterocycles. The first-order valence-corrected chi connectivity index (χ1v) is 4.63. The summed E-state index contributed by atoms with van der Waals surface area (Å²) in [6.07, 6.45) is 0. The maximum Gasteiger partial charge on any atom is 0.129 e. The second kappa shape index (κ2) is 4.47. The smallest absolute Gasteiger partial charge is 0.129 e. The highest BCUT2D eigenvalue weighted by Gasteiger charge is 1.93. The summed E-state index contributed by atoms with van der Waals surface area (Å²) in [5.74, 6) is 0.164. The first kappa shape index (κ1) is 10.2. The van der Waals surface area contributed by atoms with Crippen LogP contribution in [0.25, 0.3) is 0 Å². The van der Waals surface area contributed by atoms with Crippen molar-refractivity contribution in [3.05, 3.63) is 24.3 Å². The van der Waals surface area contributed by atoms with E-state index in [2.05, 4.69) is 30.9 Å². The lowest BCUT2D eigenvalue weighted by Gasteiger charge is -2.11. The van der Waals surface area contributed by atoms with E-state index in [9.17, 15) is 0 Å². The maximum absolute atomic E-state index is 3.95. The van der Waals surface area contributed by atoms with Crippen LogP contribution in [0.2, 0.25) is 0 Å². The van der Waals surface area contributed by atoms with Crippen molar-refractivity contribution in [3.63, 3.8) is 0 Å². The molecule has 0 fully saturated rings. The zero-order valence-electron chi connectivity index (χ0n) is 8.94. The molecular formula is C9H10N7-. The van der Waals surface area contributed by atoms with E-state index >= 15 is 0 Å². The third-order valence-electron chi connectivity index (χ3n) is 1.93. The van der Waals surface area contributed by atoms with E-state index in [1.165, 1.54) is 0 Å². The second-order valence-corrected chi connectivity index (χ2v) is 3.29. The molecule has 1 heterocycles. The van der Waals surface area contributed by atoms with E-state index in [0.717, 1.165) is 11.4 Å². The van der Waals surface area contributed by atoms with Crippen LogP contribution in [0, 0.1) is 0 Å². The van der Waals surface area contributed by atoms with Gasteiger partial charge in [-0.1, -0.05) is 0 Å². The highest BCUT2D eigenvalue weighted by atomic mass is 15.5. The van der Waals surface area contributed by atoms with Crippen molar-refractivity contribution in [1.82, 2.24) is 20.6 Å². The van der Waals surface area contributed by atoms with Crippen LogP contribution in [0.3, 0.4) is 0 Å². The first-order valence-electron chi connectivity index (χ1n) is 4.63. The van der Waals surface area contributed by atoms with Gasteiger partial charge >= 0.3 is 0 Å². The summed E-state index contributed by atoms with van der Waals surface area (Å²) >= 11 is 0. The van der Waals surface area contributed by atoms with Crippen LogP contribution in [0.4, 0.5) is 17.3 Å². The Bertz CT molecular complexity index is 457. The highest BCUT2D eigenvalue weighted by molar-refractivity contribution is 5.51. The first-order chi connectivity index (χ1) is 7.75. The number of hydrogen-bond donors (Lipinski definition) is 0. The van der Waals surface area contributed by atoms with Crippen molar-refractivity contribution in [2.75, 3.05) is 19.0 Å². The van der Waals surface area contributed by atoms with Crippen LogP contribution in [-0.2, 0) is 0 Å². The predicted octanol–water partition coefficient (Wildman–Crippen LogP) is 1.31. The molecule has 0 unspecified atom stereocenters. The van der Waals surface area contributed by atoms with Crippen LogP contribution in [0.5, 0.6) is 0 Å². The van der Waals surface area contributed by atoms with Gasteiger partial charge < -0.3 is 4.90 Å². The number of tetrazole rings is 1. The molecule has 7 heteroatoms. The van der Waals surface area contributed by atoms with Gasteiger partial charge in [-0.2, -0.15) is 5.21 Å². The molecule has 2 rings (SSSR count). The molecule has 7 nitrogen and oxygen atoms in total. The number of hydrogen-bond acceptors (Lipinski definition) is 6. The maximum atomic E-state index is 3.95. The van der Waals surface area contributed by atoms with Gasteiger partial charge in [0.1, 0.15) is 5.95 Å². The summed E-state index contributed by atoms with van der Waals surface area (Å²) in [4.78, 5) is 2.01. The monoisotopic (exact) mass is 216 g/mol. The largest absolute Gasteiger partial charge is 0.378 e. The van der Waals surface area contributed by atoms with Gasteiger partial charge in [0, 0.05) is 19.8 Å². The van der Waals surface area contributed by atoms with E-state index in [4.69, 9.17) is 0 Å². The van der Waals surface area contributed by atoms with Crippen LogP contribution in [0.15, 0.2) is 34.5 Å². The number of anilines is 1. The molecule has 16 heavy (non-hydrogen) atoms. The fourth-order valence-corrected chi connectivity index (χ4v) is 1.10. The lowest BCUT2D eigenvalue weighted by molar-refractivity contribution is 0.871. The molecule has 0 N–H and O–H groups in total. The molecule has 0 bridgehead atoms. The van der Waals surface area contributed by atoms with Gasteiger partial charge in [0.05, 0.1) is 5.69 Å². The van der Waals surface area contributed by atoms with Crippen LogP contribution < -0.4 is 10.00 Å². The lowest BCUT2D eigenvalue weighted by atomic mass is 10.3. The van der Waals surface area contributed by atoms with Crippen LogP contribution in [-0.4, -0.2) is 29.6 Å². The topological polar surface area (TPSA) is 80.7 Å². The molecule has 0 aliphatic rings. The summed E-state index contributed by atoms with van der Waals surface area (Å²) in [7, 11) is 3.96. The molecule has 0 spiro atoms. The molecular weight excluding hydrogens is 206 g/mol. The van der Waals surface area contributed by atoms with Crippen molar-refractivity contribution < 1.29 is 0 Å². The van der Waals surface area contributed by atoms with Crippen molar-refractivity contribution >= 4 is 17.3 Å². The predicted molar refractivity (Wildman–Crippen MR) is 58.1 cm³/mol. The molecule has 0 atom stereocenters. The highest BCUT2D eigenvalue weighted by Crippen LogP contribution is 2.19. The molecule has 2 aromatic rings. The Hall–Kier alpha value is -2.31. The minimum atomic E-state index is 0.164. The Balaban J connectivity index is 2.11. The third kappa shape index (κ3) is 2.38. The number of nitrogens with zero attached hydrogens (tertiary/aromatic N) is 7. The second-order valence-electron chi connectivity index (χ2n) is 3.29. The lowest BCUT2D eigenvalue weighted by Crippen LogP contribution is -2.07. The Morgan fingerprint density at radius 1 is 1.12 bits per heavy atom. The molecule has 0 saturated heterocycles. The molecule has 82 valence electrons. The van der Waals surface area contributed by atoms with Gasteiger partial charge in [-0.15, -0.1) is 5.21 Å². The van der Waals surface area contributed by atoms with Gasteiger partial charge in [-0.3, -0.25) is 5.10 Å². The van der Waals surface area contributed by atoms with Crippen molar-refractivity contribution in [2.24, 2.45) is 10.2 Å². The Morgan fingerprint density at radius 3 is 2.44 bits per heavy atom. The summed E-state index contributed by atoms with van der Waals surface area (Å²) in [5.41, 5.74) is 1.84. The van der Waals surface area contributed by atoms with Crippen LogP contribution in [0.1, 0.15) is 0 Å². The normalized spacial score (nSPS) is 10.9. The molecule has 1 aromatic carbocycles. The fourth-order valence-electron chi connectivity index (χ4n) is 1.10. The Kier molecular flexibility index (Phi) is 2.86. The molecule has 0 saturated carbocycles. The zero-order chi connectivity index (χ0) is 11.4. The van der Waals surface area contributed by atoms with Gasteiger partial charge in [-0.05, 0) is 24.3 Å². The number of azo groups is 1.